The van der Waals surface area contributed by atoms with Crippen LogP contribution in [-0.4, -0.2) is 29.6 Å². The van der Waals surface area contributed by atoms with Crippen LogP contribution in [0.4, 0.5) is 0 Å². The van der Waals surface area contributed by atoms with Gasteiger partial charge in [0.1, 0.15) is 0 Å². The van der Waals surface area contributed by atoms with Crippen molar-refractivity contribution in [2.75, 3.05) is 13.1 Å². The van der Waals surface area contributed by atoms with Crippen molar-refractivity contribution in [2.24, 2.45) is 5.92 Å². The predicted molar refractivity (Wildman–Crippen MR) is 46.5 cm³/mol. The molecule has 0 aromatic carbocycles. The molecule has 3 heteroatoms. The van der Waals surface area contributed by atoms with Crippen molar-refractivity contribution in [3.8, 4) is 0 Å². The van der Waals surface area contributed by atoms with Crippen LogP contribution in [0.5, 0.6) is 0 Å². The first-order valence-electron chi connectivity index (χ1n) is 4.70. The lowest BCUT2D eigenvalue weighted by atomic mass is 9.91. The lowest BCUT2D eigenvalue weighted by Gasteiger charge is -2.41. The molecule has 2 saturated heterocycles. The van der Waals surface area contributed by atoms with Crippen LogP contribution in [-0.2, 0) is 4.79 Å². The van der Waals surface area contributed by atoms with Gasteiger partial charge in [0.2, 0.25) is 5.91 Å². The number of piperidine rings is 1. The Morgan fingerprint density at radius 2 is 2.42 bits per heavy atom. The van der Waals surface area contributed by atoms with E-state index in [0.717, 1.165) is 25.9 Å². The Hall–Kier alpha value is -0.570. The molecule has 0 aromatic rings. The number of amides is 1. The van der Waals surface area contributed by atoms with Gasteiger partial charge in [0.15, 0.2) is 0 Å². The van der Waals surface area contributed by atoms with E-state index in [1.807, 2.05) is 11.8 Å². The Kier molecular flexibility index (Phi) is 1.65. The predicted octanol–water partition coefficient (Wildman–Crippen LogP) is 0.564. The van der Waals surface area contributed by atoms with Crippen molar-refractivity contribution in [3.63, 3.8) is 0 Å². The summed E-state index contributed by atoms with van der Waals surface area (Å²) in [5, 5.41) is 3.39. The SMILES string of the molecule is CC1CCC2(C)NCCN2C1=O. The summed E-state index contributed by atoms with van der Waals surface area (Å²) < 4.78 is 0. The summed E-state index contributed by atoms with van der Waals surface area (Å²) in [5.41, 5.74) is -0.0242. The number of fused-ring (bicyclic) bond motifs is 1. The van der Waals surface area contributed by atoms with Gasteiger partial charge in [-0.15, -0.1) is 0 Å². The van der Waals surface area contributed by atoms with Gasteiger partial charge in [-0.1, -0.05) is 6.92 Å². The third-order valence-corrected chi connectivity index (χ3v) is 3.19. The molecule has 68 valence electrons. The standard InChI is InChI=1S/C9H16N2O/c1-7-3-4-9(2)10-5-6-11(9)8(7)12/h7,10H,3-6H2,1-2H3. The molecule has 2 aliphatic heterocycles. The third-order valence-electron chi connectivity index (χ3n) is 3.19. The van der Waals surface area contributed by atoms with Gasteiger partial charge in [0.25, 0.3) is 0 Å². The maximum absolute atomic E-state index is 11.7. The molecule has 0 radical (unpaired) electrons. The fourth-order valence-electron chi connectivity index (χ4n) is 2.24. The van der Waals surface area contributed by atoms with Crippen molar-refractivity contribution < 1.29 is 4.79 Å². The molecule has 0 aliphatic carbocycles. The summed E-state index contributed by atoms with van der Waals surface area (Å²) in [6, 6.07) is 0. The van der Waals surface area contributed by atoms with Crippen molar-refractivity contribution in [1.29, 1.82) is 0 Å². The van der Waals surface area contributed by atoms with E-state index in [0.29, 0.717) is 5.91 Å². The van der Waals surface area contributed by atoms with Crippen LogP contribution in [0, 0.1) is 5.92 Å². The van der Waals surface area contributed by atoms with Gasteiger partial charge in [0, 0.05) is 19.0 Å². The smallest absolute Gasteiger partial charge is 0.226 e. The van der Waals surface area contributed by atoms with Gasteiger partial charge >= 0.3 is 0 Å². The van der Waals surface area contributed by atoms with Gasteiger partial charge in [-0.3, -0.25) is 10.1 Å². The zero-order chi connectivity index (χ0) is 8.77. The van der Waals surface area contributed by atoms with E-state index >= 15 is 0 Å². The molecule has 12 heavy (non-hydrogen) atoms. The molecule has 3 nitrogen and oxygen atoms in total. The van der Waals surface area contributed by atoms with Crippen LogP contribution in [0.2, 0.25) is 0 Å². The van der Waals surface area contributed by atoms with E-state index in [1.165, 1.54) is 0 Å². The summed E-state index contributed by atoms with van der Waals surface area (Å²) in [7, 11) is 0. The van der Waals surface area contributed by atoms with Crippen LogP contribution >= 0.6 is 0 Å². The second-order valence-corrected chi connectivity index (χ2v) is 4.13. The molecular formula is C9H16N2O. The highest BCUT2D eigenvalue weighted by Crippen LogP contribution is 2.31. The van der Waals surface area contributed by atoms with E-state index in [9.17, 15) is 4.79 Å². The van der Waals surface area contributed by atoms with Gasteiger partial charge in [-0.05, 0) is 19.8 Å². The number of rotatable bonds is 0. The van der Waals surface area contributed by atoms with E-state index in [-0.39, 0.29) is 11.6 Å². The Labute approximate surface area is 73.1 Å². The minimum Gasteiger partial charge on any atom is -0.323 e. The summed E-state index contributed by atoms with van der Waals surface area (Å²) in [4.78, 5) is 13.7. The summed E-state index contributed by atoms with van der Waals surface area (Å²) in [6.45, 7) is 6.00. The van der Waals surface area contributed by atoms with E-state index in [2.05, 4.69) is 12.2 Å². The minimum absolute atomic E-state index is 0.0242. The molecule has 2 rings (SSSR count). The van der Waals surface area contributed by atoms with Crippen molar-refractivity contribution >= 4 is 5.91 Å². The molecule has 0 aromatic heterocycles. The van der Waals surface area contributed by atoms with Crippen molar-refractivity contribution in [2.45, 2.75) is 32.4 Å². The number of nitrogens with zero attached hydrogens (tertiary/aromatic N) is 1. The average molecular weight is 168 g/mol. The molecule has 2 fully saturated rings. The second-order valence-electron chi connectivity index (χ2n) is 4.13. The second kappa shape index (κ2) is 2.46. The van der Waals surface area contributed by atoms with E-state index in [1.54, 1.807) is 0 Å². The highest BCUT2D eigenvalue weighted by atomic mass is 16.2. The molecule has 0 bridgehead atoms. The Bertz CT molecular complexity index is 217. The number of carbonyl (C=O) groups excluding carboxylic acids is 1. The van der Waals surface area contributed by atoms with Crippen LogP contribution in [0.1, 0.15) is 26.7 Å². The van der Waals surface area contributed by atoms with Gasteiger partial charge < -0.3 is 4.90 Å². The molecule has 2 atom stereocenters. The van der Waals surface area contributed by atoms with Crippen LogP contribution in [0.25, 0.3) is 0 Å². The quantitative estimate of drug-likeness (QED) is 0.573. The fourth-order valence-corrected chi connectivity index (χ4v) is 2.24. The molecule has 2 aliphatic rings. The number of carbonyl (C=O) groups is 1. The summed E-state index contributed by atoms with van der Waals surface area (Å²) >= 11 is 0. The molecule has 1 amide bonds. The molecular weight excluding hydrogens is 152 g/mol. The number of nitrogens with one attached hydrogen (secondary N) is 1. The lowest BCUT2D eigenvalue weighted by molar-refractivity contribution is -0.144. The molecule has 2 unspecified atom stereocenters. The normalized spacial score (nSPS) is 41.7. The van der Waals surface area contributed by atoms with Gasteiger partial charge in [-0.2, -0.15) is 0 Å². The van der Waals surface area contributed by atoms with Crippen molar-refractivity contribution in [3.05, 3.63) is 0 Å². The average Bonchev–Trinajstić information content (AvgIpc) is 2.42. The first-order valence-corrected chi connectivity index (χ1v) is 4.70. The number of hydrogen-bond donors (Lipinski definition) is 1. The minimum atomic E-state index is -0.0242. The fraction of sp³-hybridized carbons (Fsp3) is 0.889. The van der Waals surface area contributed by atoms with Gasteiger partial charge in [0.05, 0.1) is 5.66 Å². The third kappa shape index (κ3) is 0.959. The van der Waals surface area contributed by atoms with Crippen LogP contribution < -0.4 is 5.32 Å². The highest BCUT2D eigenvalue weighted by Gasteiger charge is 2.44. The topological polar surface area (TPSA) is 32.3 Å². The maximum Gasteiger partial charge on any atom is 0.226 e. The van der Waals surface area contributed by atoms with Crippen LogP contribution in [0.15, 0.2) is 0 Å². The Balaban J connectivity index is 2.22. The monoisotopic (exact) mass is 168 g/mol. The molecule has 2 heterocycles. The summed E-state index contributed by atoms with van der Waals surface area (Å²) in [6.07, 6.45) is 2.12. The van der Waals surface area contributed by atoms with Crippen LogP contribution in [0.3, 0.4) is 0 Å². The van der Waals surface area contributed by atoms with E-state index < -0.39 is 0 Å². The first-order chi connectivity index (χ1) is 5.63. The number of hydrogen-bond acceptors (Lipinski definition) is 2. The molecule has 0 saturated carbocycles. The van der Waals surface area contributed by atoms with E-state index in [4.69, 9.17) is 0 Å². The largest absolute Gasteiger partial charge is 0.323 e. The Morgan fingerprint density at radius 1 is 1.67 bits per heavy atom. The van der Waals surface area contributed by atoms with Crippen molar-refractivity contribution in [1.82, 2.24) is 10.2 Å². The summed E-state index contributed by atoms with van der Waals surface area (Å²) in [5.74, 6) is 0.562. The highest BCUT2D eigenvalue weighted by molar-refractivity contribution is 5.80. The first kappa shape index (κ1) is 8.05. The lowest BCUT2D eigenvalue weighted by Crippen LogP contribution is -2.56. The molecule has 1 N–H and O–H groups in total. The zero-order valence-electron chi connectivity index (χ0n) is 7.76. The Morgan fingerprint density at radius 3 is 3.17 bits per heavy atom. The van der Waals surface area contributed by atoms with Gasteiger partial charge in [-0.25, -0.2) is 0 Å². The molecule has 0 spiro atoms. The maximum atomic E-state index is 11.7. The zero-order valence-corrected chi connectivity index (χ0v) is 7.76.